The molecule has 0 spiro atoms. The first-order chi connectivity index (χ1) is 8.93. The van der Waals surface area contributed by atoms with E-state index in [1.54, 1.807) is 14.0 Å². The van der Waals surface area contributed by atoms with Crippen LogP contribution >= 0.6 is 0 Å². The molecule has 0 aliphatic carbocycles. The molecule has 0 saturated heterocycles. The molecule has 0 heterocycles. The Morgan fingerprint density at radius 2 is 2.00 bits per heavy atom. The average molecular weight is 265 g/mol. The smallest absolute Gasteiger partial charge is 0.308 e. The third-order valence-corrected chi connectivity index (χ3v) is 2.92. The first kappa shape index (κ1) is 15.3. The van der Waals surface area contributed by atoms with Gasteiger partial charge in [0.2, 0.25) is 0 Å². The molecule has 0 amide bonds. The Bertz CT molecular complexity index is 418. The maximum absolute atomic E-state index is 11.0. The first-order valence-corrected chi connectivity index (χ1v) is 6.55. The quantitative estimate of drug-likeness (QED) is 0.823. The summed E-state index contributed by atoms with van der Waals surface area (Å²) in [5, 5.41) is 9.06. The summed E-state index contributed by atoms with van der Waals surface area (Å²) in [6.07, 6.45) is 0. The van der Waals surface area contributed by atoms with E-state index in [0.29, 0.717) is 12.5 Å². The van der Waals surface area contributed by atoms with Crippen LogP contribution in [0.15, 0.2) is 24.3 Å². The van der Waals surface area contributed by atoms with Crippen LogP contribution in [0, 0.1) is 11.8 Å². The number of carboxylic acids is 1. The summed E-state index contributed by atoms with van der Waals surface area (Å²) < 4.78 is 5.22. The first-order valence-electron chi connectivity index (χ1n) is 6.55. The molecule has 0 aliphatic rings. The fraction of sp³-hybridized carbons (Fsp3) is 0.533. The Balaban J connectivity index is 2.91. The van der Waals surface area contributed by atoms with Crippen LogP contribution in [0.5, 0.6) is 5.75 Å². The highest BCUT2D eigenvalue weighted by atomic mass is 16.5. The molecule has 19 heavy (non-hydrogen) atoms. The van der Waals surface area contributed by atoms with Gasteiger partial charge in [0.1, 0.15) is 5.75 Å². The highest BCUT2D eigenvalue weighted by Gasteiger charge is 2.17. The highest BCUT2D eigenvalue weighted by molar-refractivity contribution is 5.70. The van der Waals surface area contributed by atoms with Crippen LogP contribution in [0.1, 0.15) is 20.8 Å². The van der Waals surface area contributed by atoms with Crippen molar-refractivity contribution in [1.29, 1.82) is 0 Å². The molecule has 4 heteroatoms. The summed E-state index contributed by atoms with van der Waals surface area (Å²) in [5.74, 6) is 0.0861. The topological polar surface area (TPSA) is 49.8 Å². The lowest BCUT2D eigenvalue weighted by atomic mass is 10.1. The van der Waals surface area contributed by atoms with Crippen LogP contribution in [0.2, 0.25) is 0 Å². The second-order valence-corrected chi connectivity index (χ2v) is 5.24. The van der Waals surface area contributed by atoms with Crippen molar-refractivity contribution < 1.29 is 14.6 Å². The number of carboxylic acid groups (broad SMARTS) is 1. The zero-order valence-electron chi connectivity index (χ0n) is 12.1. The summed E-state index contributed by atoms with van der Waals surface area (Å²) in [4.78, 5) is 13.1. The molecule has 0 saturated carbocycles. The molecule has 1 aromatic rings. The van der Waals surface area contributed by atoms with Crippen molar-refractivity contribution in [3.8, 4) is 5.75 Å². The number of carbonyl (C=O) groups is 1. The lowest BCUT2D eigenvalue weighted by molar-refractivity contribution is -0.140. The van der Waals surface area contributed by atoms with Crippen LogP contribution in [0.4, 0.5) is 5.69 Å². The van der Waals surface area contributed by atoms with Crippen LogP contribution < -0.4 is 9.64 Å². The van der Waals surface area contributed by atoms with Crippen molar-refractivity contribution in [2.45, 2.75) is 20.8 Å². The van der Waals surface area contributed by atoms with Crippen molar-refractivity contribution in [2.24, 2.45) is 11.8 Å². The van der Waals surface area contributed by atoms with Gasteiger partial charge in [0.25, 0.3) is 0 Å². The lowest BCUT2D eigenvalue weighted by Crippen LogP contribution is -2.34. The fourth-order valence-electron chi connectivity index (χ4n) is 1.94. The zero-order chi connectivity index (χ0) is 14.4. The minimum absolute atomic E-state index is 0.398. The van der Waals surface area contributed by atoms with E-state index in [0.717, 1.165) is 18.0 Å². The summed E-state index contributed by atoms with van der Waals surface area (Å²) in [5.41, 5.74) is 1.00. The van der Waals surface area contributed by atoms with Crippen LogP contribution in [-0.2, 0) is 4.79 Å². The van der Waals surface area contributed by atoms with E-state index < -0.39 is 11.9 Å². The van der Waals surface area contributed by atoms with Gasteiger partial charge in [-0.25, -0.2) is 0 Å². The van der Waals surface area contributed by atoms with Crippen LogP contribution in [0.25, 0.3) is 0 Å². The molecule has 1 rings (SSSR count). The molecule has 0 aromatic heterocycles. The second-order valence-electron chi connectivity index (χ2n) is 5.24. The van der Waals surface area contributed by atoms with Gasteiger partial charge in [0, 0.05) is 24.8 Å². The standard InChI is InChI=1S/C15H23NO3/c1-11(2)9-16(10-12(3)15(17)18)13-6-5-7-14(8-13)19-4/h5-8,11-12H,9-10H2,1-4H3,(H,17,18). The summed E-state index contributed by atoms with van der Waals surface area (Å²) in [6, 6.07) is 7.74. The maximum Gasteiger partial charge on any atom is 0.308 e. The molecule has 0 bridgehead atoms. The number of benzene rings is 1. The third-order valence-electron chi connectivity index (χ3n) is 2.92. The number of nitrogens with zero attached hydrogens (tertiary/aromatic N) is 1. The van der Waals surface area contributed by atoms with Crippen LogP contribution in [0.3, 0.4) is 0 Å². The summed E-state index contributed by atoms with van der Waals surface area (Å²) in [6.45, 7) is 7.30. The molecule has 1 aromatic carbocycles. The molecular weight excluding hydrogens is 242 g/mol. The van der Waals surface area contributed by atoms with E-state index in [1.165, 1.54) is 0 Å². The van der Waals surface area contributed by atoms with E-state index >= 15 is 0 Å². The summed E-state index contributed by atoms with van der Waals surface area (Å²) >= 11 is 0. The minimum atomic E-state index is -0.767. The van der Waals surface area contributed by atoms with Gasteiger partial charge in [-0.2, -0.15) is 0 Å². The Labute approximate surface area is 115 Å². The summed E-state index contributed by atoms with van der Waals surface area (Å²) in [7, 11) is 1.63. The third kappa shape index (κ3) is 4.81. The van der Waals surface area contributed by atoms with Gasteiger partial charge in [-0.05, 0) is 18.1 Å². The average Bonchev–Trinajstić information content (AvgIpc) is 2.37. The number of hydrogen-bond acceptors (Lipinski definition) is 3. The molecule has 1 atom stereocenters. The molecule has 0 radical (unpaired) electrons. The van der Waals surface area contributed by atoms with Gasteiger partial charge in [0.05, 0.1) is 13.0 Å². The Morgan fingerprint density at radius 3 is 2.53 bits per heavy atom. The van der Waals surface area contributed by atoms with Crippen molar-refractivity contribution >= 4 is 11.7 Å². The predicted molar refractivity (Wildman–Crippen MR) is 76.8 cm³/mol. The number of anilines is 1. The van der Waals surface area contributed by atoms with Crippen molar-refractivity contribution in [1.82, 2.24) is 0 Å². The van der Waals surface area contributed by atoms with E-state index in [-0.39, 0.29) is 0 Å². The molecule has 0 aliphatic heterocycles. The van der Waals surface area contributed by atoms with Crippen molar-refractivity contribution in [2.75, 3.05) is 25.1 Å². The zero-order valence-corrected chi connectivity index (χ0v) is 12.1. The maximum atomic E-state index is 11.0. The second kappa shape index (κ2) is 7.02. The Kier molecular flexibility index (Phi) is 5.67. The molecular formula is C15H23NO3. The van der Waals surface area contributed by atoms with Gasteiger partial charge in [0.15, 0.2) is 0 Å². The van der Waals surface area contributed by atoms with Gasteiger partial charge < -0.3 is 14.7 Å². The van der Waals surface area contributed by atoms with Gasteiger partial charge >= 0.3 is 5.97 Å². The molecule has 1 unspecified atom stereocenters. The fourth-order valence-corrected chi connectivity index (χ4v) is 1.94. The van der Waals surface area contributed by atoms with E-state index in [2.05, 4.69) is 18.7 Å². The highest BCUT2D eigenvalue weighted by Crippen LogP contribution is 2.22. The van der Waals surface area contributed by atoms with Crippen molar-refractivity contribution in [3.05, 3.63) is 24.3 Å². The Morgan fingerprint density at radius 1 is 1.32 bits per heavy atom. The number of methoxy groups -OCH3 is 1. The molecule has 1 N–H and O–H groups in total. The van der Waals surface area contributed by atoms with Crippen LogP contribution in [-0.4, -0.2) is 31.3 Å². The van der Waals surface area contributed by atoms with Gasteiger partial charge in [-0.15, -0.1) is 0 Å². The largest absolute Gasteiger partial charge is 0.497 e. The van der Waals surface area contributed by atoms with E-state index in [1.807, 2.05) is 24.3 Å². The lowest BCUT2D eigenvalue weighted by Gasteiger charge is -2.28. The van der Waals surface area contributed by atoms with E-state index in [9.17, 15) is 4.79 Å². The monoisotopic (exact) mass is 265 g/mol. The number of rotatable bonds is 7. The SMILES string of the molecule is COc1cccc(N(CC(C)C)CC(C)C(=O)O)c1. The van der Waals surface area contributed by atoms with E-state index in [4.69, 9.17) is 9.84 Å². The Hall–Kier alpha value is -1.71. The van der Waals surface area contributed by atoms with Gasteiger partial charge in [-0.3, -0.25) is 4.79 Å². The molecule has 106 valence electrons. The number of ether oxygens (including phenoxy) is 1. The van der Waals surface area contributed by atoms with Crippen molar-refractivity contribution in [3.63, 3.8) is 0 Å². The van der Waals surface area contributed by atoms with Gasteiger partial charge in [-0.1, -0.05) is 26.8 Å². The normalized spacial score (nSPS) is 12.3. The molecule has 4 nitrogen and oxygen atoms in total. The minimum Gasteiger partial charge on any atom is -0.497 e. The number of aliphatic carboxylic acids is 1. The number of hydrogen-bond donors (Lipinski definition) is 1. The molecule has 0 fully saturated rings. The predicted octanol–water partition coefficient (Wildman–Crippen LogP) is 2.88.